The van der Waals surface area contributed by atoms with Crippen molar-refractivity contribution in [2.75, 3.05) is 20.3 Å². The third-order valence-electron chi connectivity index (χ3n) is 3.98. The Labute approximate surface area is 178 Å². The summed E-state index contributed by atoms with van der Waals surface area (Å²) in [6, 6.07) is 6.93. The molecule has 1 aromatic rings. The van der Waals surface area contributed by atoms with Gasteiger partial charge in [0.25, 0.3) is 0 Å². The Bertz CT molecular complexity index is 663. The number of aliphatic hydroxyl groups excluding tert-OH is 5. The van der Waals surface area contributed by atoms with Crippen molar-refractivity contribution < 1.29 is 49.8 Å². The first-order valence-corrected chi connectivity index (χ1v) is 9.22. The van der Waals surface area contributed by atoms with Crippen molar-refractivity contribution in [3.63, 3.8) is 0 Å². The highest BCUT2D eigenvalue weighted by molar-refractivity contribution is 5.89. The summed E-state index contributed by atoms with van der Waals surface area (Å²) in [5.74, 6) is -2.51. The number of carbonyl (C=O) groups is 3. The Kier molecular flexibility index (Phi) is 13.9. The SMILES string of the molecule is COC(=O)[C@H](Cc1ccccc1)NC(=O)[C@@H](N)CC(=O)O.OC[C@@H](O)C(O)[C@@H](O)CO. The van der Waals surface area contributed by atoms with E-state index in [1.807, 2.05) is 18.2 Å². The van der Waals surface area contributed by atoms with Crippen LogP contribution in [0.3, 0.4) is 0 Å². The Morgan fingerprint density at radius 1 is 1.03 bits per heavy atom. The molecule has 0 fully saturated rings. The van der Waals surface area contributed by atoms with E-state index in [1.54, 1.807) is 12.1 Å². The van der Waals surface area contributed by atoms with Crippen molar-refractivity contribution in [2.45, 2.75) is 43.2 Å². The van der Waals surface area contributed by atoms with Gasteiger partial charge in [-0.15, -0.1) is 0 Å². The number of carbonyl (C=O) groups excluding carboxylic acids is 2. The second-order valence-corrected chi connectivity index (χ2v) is 6.47. The average molecular weight is 446 g/mol. The summed E-state index contributed by atoms with van der Waals surface area (Å²) >= 11 is 0. The molecule has 12 heteroatoms. The molecule has 0 aliphatic heterocycles. The minimum Gasteiger partial charge on any atom is -0.481 e. The predicted octanol–water partition coefficient (Wildman–Crippen LogP) is -3.26. The molecule has 0 aliphatic rings. The van der Waals surface area contributed by atoms with Gasteiger partial charge in [-0.2, -0.15) is 0 Å². The van der Waals surface area contributed by atoms with E-state index in [1.165, 1.54) is 7.11 Å². The molecule has 1 aromatic carbocycles. The van der Waals surface area contributed by atoms with E-state index in [0.717, 1.165) is 5.56 Å². The summed E-state index contributed by atoms with van der Waals surface area (Å²) in [6.07, 6.45) is -4.57. The highest BCUT2D eigenvalue weighted by atomic mass is 16.5. The second kappa shape index (κ2) is 15.2. The standard InChI is InChI=1S/C14H18N2O5.C5H12O5/c1-21-14(20)11(7-9-5-3-2-4-6-9)16-13(19)10(15)8-12(17)18;6-1-3(8)5(10)4(9)2-7/h2-6,10-11H,7-8,15H2,1H3,(H,16,19)(H,17,18);3-10H,1-2H2/t10-,11-;3-,4+,5?/m0./s1. The summed E-state index contributed by atoms with van der Waals surface area (Å²) in [5, 5.41) is 53.6. The lowest BCUT2D eigenvalue weighted by Crippen LogP contribution is -2.50. The number of nitrogens with one attached hydrogen (secondary N) is 1. The van der Waals surface area contributed by atoms with Crippen LogP contribution in [0.2, 0.25) is 0 Å². The molecule has 0 aromatic heterocycles. The molecule has 0 saturated carbocycles. The van der Waals surface area contributed by atoms with Gasteiger partial charge in [0.2, 0.25) is 5.91 Å². The number of nitrogens with two attached hydrogens (primary N) is 1. The number of aliphatic carboxylic acids is 1. The maximum atomic E-state index is 11.8. The molecule has 0 saturated heterocycles. The Hall–Kier alpha value is -2.61. The summed E-state index contributed by atoms with van der Waals surface area (Å²) in [5.41, 5.74) is 6.29. The normalized spacial score (nSPS) is 15.3. The predicted molar refractivity (Wildman–Crippen MR) is 107 cm³/mol. The number of amides is 1. The van der Waals surface area contributed by atoms with Gasteiger partial charge in [-0.25, -0.2) is 4.79 Å². The largest absolute Gasteiger partial charge is 0.481 e. The van der Waals surface area contributed by atoms with Gasteiger partial charge in [0.05, 0.1) is 32.8 Å². The fourth-order valence-corrected chi connectivity index (χ4v) is 2.22. The quantitative estimate of drug-likeness (QED) is 0.158. The number of rotatable bonds is 11. The fourth-order valence-electron chi connectivity index (χ4n) is 2.22. The maximum Gasteiger partial charge on any atom is 0.328 e. The summed E-state index contributed by atoms with van der Waals surface area (Å²) in [4.78, 5) is 34.0. The number of aliphatic hydroxyl groups is 5. The zero-order valence-corrected chi connectivity index (χ0v) is 17.0. The Morgan fingerprint density at radius 2 is 1.55 bits per heavy atom. The number of benzene rings is 1. The van der Waals surface area contributed by atoms with Crippen molar-refractivity contribution in [1.29, 1.82) is 0 Å². The highest BCUT2D eigenvalue weighted by Gasteiger charge is 2.26. The van der Waals surface area contributed by atoms with E-state index >= 15 is 0 Å². The van der Waals surface area contributed by atoms with E-state index in [4.69, 9.17) is 36.4 Å². The number of esters is 1. The van der Waals surface area contributed by atoms with Crippen LogP contribution in [0, 0.1) is 0 Å². The van der Waals surface area contributed by atoms with Crippen molar-refractivity contribution >= 4 is 17.8 Å². The molecular formula is C19H30N2O10. The third kappa shape index (κ3) is 11.4. The molecule has 31 heavy (non-hydrogen) atoms. The zero-order chi connectivity index (χ0) is 24.0. The van der Waals surface area contributed by atoms with Gasteiger partial charge in [-0.05, 0) is 5.56 Å². The molecule has 12 nitrogen and oxygen atoms in total. The van der Waals surface area contributed by atoms with Crippen molar-refractivity contribution in [1.82, 2.24) is 5.32 Å². The molecule has 176 valence electrons. The van der Waals surface area contributed by atoms with E-state index in [2.05, 4.69) is 10.1 Å². The van der Waals surface area contributed by atoms with Gasteiger partial charge >= 0.3 is 11.9 Å². The first-order valence-electron chi connectivity index (χ1n) is 9.22. The summed E-state index contributed by atoms with van der Waals surface area (Å²) < 4.78 is 4.64. The van der Waals surface area contributed by atoms with Crippen molar-refractivity contribution in [3.05, 3.63) is 35.9 Å². The van der Waals surface area contributed by atoms with Gasteiger partial charge < -0.3 is 46.4 Å². The minimum atomic E-state index is -1.49. The first kappa shape index (κ1) is 28.4. The second-order valence-electron chi connectivity index (χ2n) is 6.47. The van der Waals surface area contributed by atoms with E-state index in [0.29, 0.717) is 0 Å². The Morgan fingerprint density at radius 3 is 1.97 bits per heavy atom. The summed E-state index contributed by atoms with van der Waals surface area (Å²) in [6.45, 7) is -1.28. The number of hydrogen-bond donors (Lipinski definition) is 8. The smallest absolute Gasteiger partial charge is 0.328 e. The zero-order valence-electron chi connectivity index (χ0n) is 17.0. The lowest BCUT2D eigenvalue weighted by atomic mass is 10.1. The lowest BCUT2D eigenvalue weighted by molar-refractivity contribution is -0.145. The summed E-state index contributed by atoms with van der Waals surface area (Å²) in [7, 11) is 1.21. The van der Waals surface area contributed by atoms with Crippen LogP contribution in [-0.2, 0) is 25.5 Å². The van der Waals surface area contributed by atoms with Gasteiger partial charge in [0.1, 0.15) is 24.4 Å². The molecule has 9 N–H and O–H groups in total. The molecule has 1 unspecified atom stereocenters. The average Bonchev–Trinajstić information content (AvgIpc) is 2.76. The van der Waals surface area contributed by atoms with Crippen LogP contribution in [0.15, 0.2) is 30.3 Å². The van der Waals surface area contributed by atoms with Crippen LogP contribution in [0.1, 0.15) is 12.0 Å². The van der Waals surface area contributed by atoms with Crippen molar-refractivity contribution in [3.8, 4) is 0 Å². The monoisotopic (exact) mass is 446 g/mol. The van der Waals surface area contributed by atoms with Crippen molar-refractivity contribution in [2.24, 2.45) is 5.73 Å². The first-order chi connectivity index (χ1) is 14.6. The van der Waals surface area contributed by atoms with Crippen LogP contribution in [0.25, 0.3) is 0 Å². The van der Waals surface area contributed by atoms with Crippen LogP contribution in [0.4, 0.5) is 0 Å². The van der Waals surface area contributed by atoms with Gasteiger partial charge in [-0.1, -0.05) is 30.3 Å². The third-order valence-corrected chi connectivity index (χ3v) is 3.98. The molecule has 0 spiro atoms. The maximum absolute atomic E-state index is 11.8. The van der Waals surface area contributed by atoms with E-state index in [-0.39, 0.29) is 6.42 Å². The molecule has 0 heterocycles. The number of carboxylic acids is 1. The highest BCUT2D eigenvalue weighted by Crippen LogP contribution is 2.05. The molecule has 0 bridgehead atoms. The van der Waals surface area contributed by atoms with Gasteiger partial charge in [-0.3, -0.25) is 9.59 Å². The number of ether oxygens (including phenoxy) is 1. The molecular weight excluding hydrogens is 416 g/mol. The van der Waals surface area contributed by atoms with Gasteiger partial charge in [0, 0.05) is 6.42 Å². The number of methoxy groups -OCH3 is 1. The van der Waals surface area contributed by atoms with E-state index in [9.17, 15) is 14.4 Å². The molecule has 0 aliphatic carbocycles. The number of carboxylic acid groups (broad SMARTS) is 1. The fraction of sp³-hybridized carbons (Fsp3) is 0.526. The van der Waals surface area contributed by atoms with Crippen LogP contribution >= 0.6 is 0 Å². The molecule has 0 radical (unpaired) electrons. The minimum absolute atomic E-state index is 0.235. The Balaban J connectivity index is 0.000000759. The topological polar surface area (TPSA) is 220 Å². The van der Waals surface area contributed by atoms with Gasteiger partial charge in [0.15, 0.2) is 0 Å². The number of hydrogen-bond acceptors (Lipinski definition) is 10. The molecule has 1 amide bonds. The van der Waals surface area contributed by atoms with Crippen LogP contribution in [-0.4, -0.2) is 99.2 Å². The van der Waals surface area contributed by atoms with Crippen LogP contribution in [0.5, 0.6) is 0 Å². The van der Waals surface area contributed by atoms with Crippen LogP contribution < -0.4 is 11.1 Å². The van der Waals surface area contributed by atoms with E-state index < -0.39 is 67.9 Å². The molecule has 5 atom stereocenters. The lowest BCUT2D eigenvalue weighted by Gasteiger charge is -2.19. The molecule has 1 rings (SSSR count).